The highest BCUT2D eigenvalue weighted by Gasteiger charge is 2.35. The third kappa shape index (κ3) is 3.65. The van der Waals surface area contributed by atoms with Gasteiger partial charge in [0.05, 0.1) is 37.3 Å². The third-order valence-electron chi connectivity index (χ3n) is 5.10. The lowest BCUT2D eigenvalue weighted by molar-refractivity contribution is -0.0765. The second kappa shape index (κ2) is 7.81. The molecule has 3 atom stereocenters. The third-order valence-corrected chi connectivity index (χ3v) is 6.17. The van der Waals surface area contributed by atoms with Gasteiger partial charge in [-0.3, -0.25) is 4.90 Å². The Kier molecular flexibility index (Phi) is 5.37. The molecule has 0 spiro atoms. The van der Waals surface area contributed by atoms with Gasteiger partial charge in [0, 0.05) is 18.7 Å². The molecule has 1 saturated heterocycles. The highest BCUT2D eigenvalue weighted by molar-refractivity contribution is 7.17. The molecular weight excluding hydrogens is 392 g/mol. The molecule has 8 nitrogen and oxygen atoms in total. The van der Waals surface area contributed by atoms with Gasteiger partial charge < -0.3 is 19.3 Å². The van der Waals surface area contributed by atoms with Crippen molar-refractivity contribution in [1.82, 2.24) is 19.5 Å². The van der Waals surface area contributed by atoms with Crippen molar-refractivity contribution in [2.45, 2.75) is 39.0 Å². The van der Waals surface area contributed by atoms with Gasteiger partial charge in [-0.25, -0.2) is 4.98 Å². The molecule has 3 aromatic rings. The van der Waals surface area contributed by atoms with Gasteiger partial charge in [0.1, 0.15) is 17.3 Å². The van der Waals surface area contributed by atoms with Crippen molar-refractivity contribution in [3.8, 4) is 17.4 Å². The van der Waals surface area contributed by atoms with Crippen LogP contribution in [0.3, 0.4) is 0 Å². The topological polar surface area (TPSA) is 81.4 Å². The Bertz CT molecular complexity index is 1010. The van der Waals surface area contributed by atoms with E-state index in [1.54, 1.807) is 14.2 Å². The Morgan fingerprint density at radius 3 is 2.55 bits per heavy atom. The molecule has 29 heavy (non-hydrogen) atoms. The number of aromatic nitrogens is 3. The summed E-state index contributed by atoms with van der Waals surface area (Å²) in [7, 11) is 3.29. The number of benzene rings is 1. The predicted molar refractivity (Wildman–Crippen MR) is 110 cm³/mol. The molecule has 3 heterocycles. The summed E-state index contributed by atoms with van der Waals surface area (Å²) in [5.41, 5.74) is 0.921. The number of ether oxygens (including phenoxy) is 3. The molecule has 0 saturated carbocycles. The number of thiazole rings is 1. The Hall–Kier alpha value is -2.36. The minimum absolute atomic E-state index is 0.0735. The standard InChI is InChI=1S/C20H26N4O4S/c1-11-9-23(10-12(2)28-11)17(15-8-14(26-4)6-7-16(15)27-5)18-19(25)24-20(29-18)21-13(3)22-24/h6-8,11-12,17,25H,9-10H2,1-5H3/t11-,12-,17-/m1/s1. The van der Waals surface area contributed by atoms with Crippen LogP contribution < -0.4 is 9.47 Å². The number of hydrogen-bond donors (Lipinski definition) is 1. The second-order valence-corrected chi connectivity index (χ2v) is 8.37. The summed E-state index contributed by atoms with van der Waals surface area (Å²) in [6.45, 7) is 7.39. The summed E-state index contributed by atoms with van der Waals surface area (Å²) in [4.78, 5) is 8.18. The van der Waals surface area contributed by atoms with Crippen LogP contribution in [0.5, 0.6) is 17.4 Å². The van der Waals surface area contributed by atoms with Gasteiger partial charge in [-0.15, -0.1) is 5.10 Å². The maximum atomic E-state index is 11.0. The van der Waals surface area contributed by atoms with Crippen molar-refractivity contribution < 1.29 is 19.3 Å². The fraction of sp³-hybridized carbons (Fsp3) is 0.500. The molecule has 1 aromatic carbocycles. The van der Waals surface area contributed by atoms with Crippen molar-refractivity contribution in [3.05, 3.63) is 34.5 Å². The first-order valence-corrected chi connectivity index (χ1v) is 10.4. The van der Waals surface area contributed by atoms with E-state index in [-0.39, 0.29) is 24.1 Å². The molecular formula is C20H26N4O4S. The van der Waals surface area contributed by atoms with Gasteiger partial charge in [-0.2, -0.15) is 4.52 Å². The molecule has 156 valence electrons. The van der Waals surface area contributed by atoms with E-state index in [0.717, 1.165) is 35.0 Å². The van der Waals surface area contributed by atoms with Gasteiger partial charge in [-0.05, 0) is 39.0 Å². The number of methoxy groups -OCH3 is 2. The molecule has 0 bridgehead atoms. The fourth-order valence-electron chi connectivity index (χ4n) is 4.01. The normalized spacial score (nSPS) is 21.4. The molecule has 0 amide bonds. The lowest BCUT2D eigenvalue weighted by Gasteiger charge is -2.40. The molecule has 1 aliphatic heterocycles. The van der Waals surface area contributed by atoms with Crippen LogP contribution in [-0.2, 0) is 4.74 Å². The van der Waals surface area contributed by atoms with Crippen LogP contribution in [0, 0.1) is 6.92 Å². The molecule has 0 radical (unpaired) electrons. The number of morpholine rings is 1. The Morgan fingerprint density at radius 1 is 1.21 bits per heavy atom. The van der Waals surface area contributed by atoms with Crippen molar-refractivity contribution >= 4 is 16.3 Å². The minimum atomic E-state index is -0.248. The SMILES string of the molecule is COc1ccc(OC)c([C@H](c2sc3nc(C)nn3c2O)N2C[C@@H](C)O[C@H](C)C2)c1. The highest BCUT2D eigenvalue weighted by Crippen LogP contribution is 2.44. The van der Waals surface area contributed by atoms with E-state index in [4.69, 9.17) is 14.2 Å². The largest absolute Gasteiger partial charge is 0.497 e. The van der Waals surface area contributed by atoms with Crippen LogP contribution in [-0.4, -0.2) is 64.1 Å². The van der Waals surface area contributed by atoms with E-state index < -0.39 is 0 Å². The van der Waals surface area contributed by atoms with Crippen LogP contribution in [0.1, 0.15) is 36.2 Å². The van der Waals surface area contributed by atoms with Gasteiger partial charge in [0.15, 0.2) is 0 Å². The summed E-state index contributed by atoms with van der Waals surface area (Å²) in [5, 5.41) is 15.4. The molecule has 4 rings (SSSR count). The maximum absolute atomic E-state index is 11.0. The first-order chi connectivity index (χ1) is 13.9. The van der Waals surface area contributed by atoms with Crippen LogP contribution in [0.15, 0.2) is 18.2 Å². The zero-order valence-electron chi connectivity index (χ0n) is 17.2. The Morgan fingerprint density at radius 2 is 1.93 bits per heavy atom. The summed E-state index contributed by atoms with van der Waals surface area (Å²) < 4.78 is 18.6. The number of aromatic hydroxyl groups is 1. The van der Waals surface area contributed by atoms with E-state index in [1.807, 2.05) is 25.1 Å². The smallest absolute Gasteiger partial charge is 0.230 e. The van der Waals surface area contributed by atoms with E-state index in [9.17, 15) is 5.11 Å². The average molecular weight is 419 g/mol. The van der Waals surface area contributed by atoms with Crippen molar-refractivity contribution in [1.29, 1.82) is 0 Å². The number of fused-ring (bicyclic) bond motifs is 1. The lowest BCUT2D eigenvalue weighted by Crippen LogP contribution is -2.47. The van der Waals surface area contributed by atoms with Crippen molar-refractivity contribution in [2.75, 3.05) is 27.3 Å². The zero-order valence-corrected chi connectivity index (χ0v) is 18.1. The van der Waals surface area contributed by atoms with Gasteiger partial charge in [-0.1, -0.05) is 11.3 Å². The summed E-state index contributed by atoms with van der Waals surface area (Å²) >= 11 is 1.44. The monoisotopic (exact) mass is 418 g/mol. The number of nitrogens with zero attached hydrogens (tertiary/aromatic N) is 4. The summed E-state index contributed by atoms with van der Waals surface area (Å²) in [5.74, 6) is 2.20. The number of rotatable bonds is 5. The lowest BCUT2D eigenvalue weighted by atomic mass is 10.00. The van der Waals surface area contributed by atoms with E-state index in [2.05, 4.69) is 28.8 Å². The number of hydrogen-bond acceptors (Lipinski definition) is 8. The van der Waals surface area contributed by atoms with Crippen LogP contribution in [0.25, 0.3) is 4.96 Å². The Balaban J connectivity index is 1.90. The van der Waals surface area contributed by atoms with Crippen LogP contribution in [0.2, 0.25) is 0 Å². The van der Waals surface area contributed by atoms with Crippen molar-refractivity contribution in [2.24, 2.45) is 0 Å². The highest BCUT2D eigenvalue weighted by atomic mass is 32.1. The maximum Gasteiger partial charge on any atom is 0.230 e. The molecule has 2 aromatic heterocycles. The molecule has 0 unspecified atom stereocenters. The molecule has 1 aliphatic rings. The molecule has 9 heteroatoms. The average Bonchev–Trinajstić information content (AvgIpc) is 3.18. The van der Waals surface area contributed by atoms with Crippen LogP contribution in [0.4, 0.5) is 0 Å². The van der Waals surface area contributed by atoms with E-state index in [0.29, 0.717) is 10.8 Å². The van der Waals surface area contributed by atoms with E-state index >= 15 is 0 Å². The van der Waals surface area contributed by atoms with Gasteiger partial charge in [0.25, 0.3) is 0 Å². The van der Waals surface area contributed by atoms with Gasteiger partial charge >= 0.3 is 0 Å². The first kappa shape index (κ1) is 19.9. The minimum Gasteiger partial charge on any atom is -0.497 e. The van der Waals surface area contributed by atoms with E-state index in [1.165, 1.54) is 15.9 Å². The van der Waals surface area contributed by atoms with Crippen molar-refractivity contribution in [3.63, 3.8) is 0 Å². The molecule has 1 fully saturated rings. The molecule has 0 aliphatic carbocycles. The summed E-state index contributed by atoms with van der Waals surface area (Å²) in [6, 6.07) is 5.49. The van der Waals surface area contributed by atoms with Crippen LogP contribution >= 0.6 is 11.3 Å². The number of aryl methyl sites for hydroxylation is 1. The fourth-order valence-corrected chi connectivity index (χ4v) is 5.17. The van der Waals surface area contributed by atoms with Gasteiger partial charge in [0.2, 0.25) is 10.8 Å². The molecule has 1 N–H and O–H groups in total. The quantitative estimate of drug-likeness (QED) is 0.682. The predicted octanol–water partition coefficient (Wildman–Crippen LogP) is 3.02. The zero-order chi connectivity index (χ0) is 20.7. The summed E-state index contributed by atoms with van der Waals surface area (Å²) in [6.07, 6.45) is 0.147. The first-order valence-electron chi connectivity index (χ1n) is 9.57. The Labute approximate surface area is 173 Å². The second-order valence-electron chi connectivity index (χ2n) is 7.36.